The number of aromatic amines is 1. The van der Waals surface area contributed by atoms with Gasteiger partial charge in [-0.3, -0.25) is 5.10 Å². The summed E-state index contributed by atoms with van der Waals surface area (Å²) in [7, 11) is 0. The number of nitrogens with one attached hydrogen (secondary N) is 1. The van der Waals surface area contributed by atoms with E-state index in [1.54, 1.807) is 0 Å². The van der Waals surface area contributed by atoms with Crippen LogP contribution in [0.25, 0.3) is 5.69 Å². The molecule has 0 aliphatic carbocycles. The standard InChI is InChI=1S/C14H18N2S/c1-9(2)12-8-14(17)16(15-12)13-6-5-10(3)7-11(13)4/h5-9,15H,1-4H3. The minimum Gasteiger partial charge on any atom is -0.297 e. The molecular weight excluding hydrogens is 228 g/mol. The lowest BCUT2D eigenvalue weighted by atomic mass is 10.1. The Morgan fingerprint density at radius 2 is 1.88 bits per heavy atom. The molecule has 0 bridgehead atoms. The molecule has 2 nitrogen and oxygen atoms in total. The van der Waals surface area contributed by atoms with Crippen LogP contribution in [0.5, 0.6) is 0 Å². The van der Waals surface area contributed by atoms with Crippen molar-refractivity contribution >= 4 is 12.2 Å². The molecule has 0 radical (unpaired) electrons. The summed E-state index contributed by atoms with van der Waals surface area (Å²) in [4.78, 5) is 0. The van der Waals surface area contributed by atoms with Crippen LogP contribution in [0.3, 0.4) is 0 Å². The predicted octanol–water partition coefficient (Wildman–Crippen LogP) is 4.28. The topological polar surface area (TPSA) is 20.7 Å². The van der Waals surface area contributed by atoms with Crippen molar-refractivity contribution in [3.8, 4) is 5.69 Å². The molecule has 0 aliphatic heterocycles. The molecule has 1 heterocycles. The van der Waals surface area contributed by atoms with Crippen LogP contribution in [0, 0.1) is 18.5 Å². The van der Waals surface area contributed by atoms with E-state index in [1.807, 2.05) is 10.7 Å². The van der Waals surface area contributed by atoms with Gasteiger partial charge in [-0.1, -0.05) is 43.8 Å². The second kappa shape index (κ2) is 4.49. The van der Waals surface area contributed by atoms with Crippen molar-refractivity contribution in [3.63, 3.8) is 0 Å². The molecule has 17 heavy (non-hydrogen) atoms. The summed E-state index contributed by atoms with van der Waals surface area (Å²) in [6, 6.07) is 8.44. The maximum absolute atomic E-state index is 5.40. The smallest absolute Gasteiger partial charge is 0.127 e. The quantitative estimate of drug-likeness (QED) is 0.785. The first kappa shape index (κ1) is 12.1. The molecule has 0 spiro atoms. The number of hydrogen-bond donors (Lipinski definition) is 1. The van der Waals surface area contributed by atoms with Crippen molar-refractivity contribution < 1.29 is 0 Å². The Morgan fingerprint density at radius 1 is 1.18 bits per heavy atom. The third-order valence-corrected chi connectivity index (χ3v) is 3.26. The summed E-state index contributed by atoms with van der Waals surface area (Å²) in [5, 5.41) is 3.37. The van der Waals surface area contributed by atoms with Crippen molar-refractivity contribution in [2.45, 2.75) is 33.6 Å². The van der Waals surface area contributed by atoms with Crippen LogP contribution < -0.4 is 0 Å². The number of nitrogens with zero attached hydrogens (tertiary/aromatic N) is 1. The molecule has 0 saturated carbocycles. The van der Waals surface area contributed by atoms with Crippen molar-refractivity contribution in [2.24, 2.45) is 0 Å². The van der Waals surface area contributed by atoms with Gasteiger partial charge in [0.2, 0.25) is 0 Å². The molecular formula is C14H18N2S. The van der Waals surface area contributed by atoms with E-state index in [1.165, 1.54) is 16.8 Å². The van der Waals surface area contributed by atoms with Crippen LogP contribution in [-0.2, 0) is 0 Å². The van der Waals surface area contributed by atoms with E-state index in [4.69, 9.17) is 12.2 Å². The molecule has 0 amide bonds. The highest BCUT2D eigenvalue weighted by atomic mass is 32.1. The molecule has 1 aromatic carbocycles. The number of aryl methyl sites for hydroxylation is 2. The summed E-state index contributed by atoms with van der Waals surface area (Å²) < 4.78 is 2.82. The lowest BCUT2D eigenvalue weighted by Crippen LogP contribution is -2.00. The minimum absolute atomic E-state index is 0.462. The van der Waals surface area contributed by atoms with Gasteiger partial charge in [-0.25, -0.2) is 4.68 Å². The van der Waals surface area contributed by atoms with Gasteiger partial charge in [-0.2, -0.15) is 0 Å². The number of rotatable bonds is 2. The Kier molecular flexibility index (Phi) is 3.20. The molecule has 2 aromatic rings. The molecule has 1 aromatic heterocycles. The normalized spacial score (nSPS) is 11.1. The highest BCUT2D eigenvalue weighted by Crippen LogP contribution is 2.19. The van der Waals surface area contributed by atoms with Gasteiger partial charge in [0.15, 0.2) is 0 Å². The maximum Gasteiger partial charge on any atom is 0.127 e. The van der Waals surface area contributed by atoms with E-state index < -0.39 is 0 Å². The van der Waals surface area contributed by atoms with Crippen molar-refractivity contribution in [3.05, 3.63) is 45.7 Å². The Morgan fingerprint density at radius 3 is 2.41 bits per heavy atom. The minimum atomic E-state index is 0.462. The maximum atomic E-state index is 5.40. The van der Waals surface area contributed by atoms with Gasteiger partial charge >= 0.3 is 0 Å². The zero-order valence-electron chi connectivity index (χ0n) is 10.7. The Balaban J connectivity index is 2.57. The molecule has 0 fully saturated rings. The monoisotopic (exact) mass is 246 g/mol. The fourth-order valence-electron chi connectivity index (χ4n) is 1.95. The van der Waals surface area contributed by atoms with Gasteiger partial charge in [-0.15, -0.1) is 0 Å². The zero-order valence-corrected chi connectivity index (χ0v) is 11.6. The predicted molar refractivity (Wildman–Crippen MR) is 74.5 cm³/mol. The average molecular weight is 246 g/mol. The van der Waals surface area contributed by atoms with Crippen LogP contribution in [0.2, 0.25) is 0 Å². The first-order valence-corrected chi connectivity index (χ1v) is 6.29. The first-order valence-electron chi connectivity index (χ1n) is 5.88. The number of benzene rings is 1. The van der Waals surface area contributed by atoms with Crippen molar-refractivity contribution in [1.29, 1.82) is 0 Å². The lowest BCUT2D eigenvalue weighted by molar-refractivity contribution is 0.763. The number of aromatic nitrogens is 2. The third kappa shape index (κ3) is 2.34. The summed E-state index contributed by atoms with van der Waals surface area (Å²) in [5.41, 5.74) is 4.81. The molecule has 1 N–H and O–H groups in total. The molecule has 0 saturated heterocycles. The Hall–Kier alpha value is -1.35. The molecule has 90 valence electrons. The van der Waals surface area contributed by atoms with E-state index in [0.29, 0.717) is 5.92 Å². The van der Waals surface area contributed by atoms with Gasteiger partial charge in [0.1, 0.15) is 4.64 Å². The van der Waals surface area contributed by atoms with Gasteiger partial charge in [0, 0.05) is 5.69 Å². The molecule has 0 atom stereocenters. The number of hydrogen-bond acceptors (Lipinski definition) is 1. The fraction of sp³-hybridized carbons (Fsp3) is 0.357. The fourth-order valence-corrected chi connectivity index (χ4v) is 2.22. The van der Waals surface area contributed by atoms with E-state index in [-0.39, 0.29) is 0 Å². The van der Waals surface area contributed by atoms with Crippen molar-refractivity contribution in [2.75, 3.05) is 0 Å². The SMILES string of the molecule is Cc1ccc(-n2[nH]c(C(C)C)cc2=S)c(C)c1. The van der Waals surface area contributed by atoms with Crippen LogP contribution in [0.4, 0.5) is 0 Å². The number of H-pyrrole nitrogens is 1. The first-order chi connectivity index (χ1) is 7.99. The second-order valence-corrected chi connectivity index (χ2v) is 5.25. The van der Waals surface area contributed by atoms with Gasteiger partial charge < -0.3 is 0 Å². The molecule has 3 heteroatoms. The molecule has 0 unspecified atom stereocenters. The second-order valence-electron chi connectivity index (χ2n) is 4.83. The average Bonchev–Trinajstić information content (AvgIpc) is 2.61. The van der Waals surface area contributed by atoms with Gasteiger partial charge in [0.25, 0.3) is 0 Å². The lowest BCUT2D eigenvalue weighted by Gasteiger charge is -2.08. The van der Waals surface area contributed by atoms with Crippen LogP contribution in [0.1, 0.15) is 36.6 Å². The summed E-state index contributed by atoms with van der Waals surface area (Å²) in [6.45, 7) is 8.53. The Bertz CT molecular complexity index is 591. The van der Waals surface area contributed by atoms with Crippen LogP contribution in [-0.4, -0.2) is 9.78 Å². The van der Waals surface area contributed by atoms with Crippen molar-refractivity contribution in [1.82, 2.24) is 9.78 Å². The van der Waals surface area contributed by atoms with Crippen LogP contribution in [0.15, 0.2) is 24.3 Å². The summed E-state index contributed by atoms with van der Waals surface area (Å²) in [6.07, 6.45) is 0. The highest BCUT2D eigenvalue weighted by Gasteiger charge is 2.07. The third-order valence-electron chi connectivity index (χ3n) is 2.96. The van der Waals surface area contributed by atoms with Gasteiger partial charge in [-0.05, 0) is 37.5 Å². The zero-order chi connectivity index (χ0) is 12.6. The highest BCUT2D eigenvalue weighted by molar-refractivity contribution is 7.71. The van der Waals surface area contributed by atoms with E-state index >= 15 is 0 Å². The Labute approximate surface area is 107 Å². The van der Waals surface area contributed by atoms with Crippen LogP contribution >= 0.6 is 12.2 Å². The summed E-state index contributed by atoms with van der Waals surface area (Å²) >= 11 is 5.40. The van der Waals surface area contributed by atoms with Gasteiger partial charge in [0.05, 0.1) is 5.69 Å². The largest absolute Gasteiger partial charge is 0.297 e. The van der Waals surface area contributed by atoms with E-state index in [2.05, 4.69) is 51.0 Å². The molecule has 0 aliphatic rings. The molecule has 2 rings (SSSR count). The van der Waals surface area contributed by atoms with E-state index in [0.717, 1.165) is 10.3 Å². The van der Waals surface area contributed by atoms with E-state index in [9.17, 15) is 0 Å². The summed E-state index contributed by atoms with van der Waals surface area (Å²) in [5.74, 6) is 0.462.